The van der Waals surface area contributed by atoms with E-state index in [4.69, 9.17) is 11.0 Å². The standard InChI is InChI=1S/C11H14N4O2S/c12-5-9-3-4-10(6-14-9)18(16,17)15-7-11(13)8-1-2-8/h3-4,6,8,11,15H,1-2,7,13H2. The van der Waals surface area contributed by atoms with E-state index >= 15 is 0 Å². The zero-order valence-corrected chi connectivity index (χ0v) is 10.5. The van der Waals surface area contributed by atoms with Gasteiger partial charge in [-0.25, -0.2) is 18.1 Å². The lowest BCUT2D eigenvalue weighted by Crippen LogP contribution is -2.38. The summed E-state index contributed by atoms with van der Waals surface area (Å²) in [4.78, 5) is 3.77. The molecule has 96 valence electrons. The molecule has 1 aromatic heterocycles. The molecule has 1 aliphatic rings. The Morgan fingerprint density at radius 3 is 2.78 bits per heavy atom. The van der Waals surface area contributed by atoms with Gasteiger partial charge in [-0.05, 0) is 30.9 Å². The fourth-order valence-corrected chi connectivity index (χ4v) is 2.60. The van der Waals surface area contributed by atoms with Gasteiger partial charge in [0, 0.05) is 18.8 Å². The van der Waals surface area contributed by atoms with E-state index < -0.39 is 10.0 Å². The first-order valence-corrected chi connectivity index (χ1v) is 7.12. The minimum absolute atomic E-state index is 0.0458. The summed E-state index contributed by atoms with van der Waals surface area (Å²) >= 11 is 0. The number of nitrogens with one attached hydrogen (secondary N) is 1. The molecule has 0 aliphatic heterocycles. The summed E-state index contributed by atoms with van der Waals surface area (Å²) in [5.41, 5.74) is 6.01. The third-order valence-corrected chi connectivity index (χ3v) is 4.31. The first-order chi connectivity index (χ1) is 8.53. The SMILES string of the molecule is N#Cc1ccc(S(=O)(=O)NCC(N)C2CC2)cn1. The lowest BCUT2D eigenvalue weighted by molar-refractivity contribution is 0.547. The van der Waals surface area contributed by atoms with Crippen LogP contribution in [0.1, 0.15) is 18.5 Å². The largest absolute Gasteiger partial charge is 0.326 e. The zero-order valence-electron chi connectivity index (χ0n) is 9.70. The maximum Gasteiger partial charge on any atom is 0.242 e. The van der Waals surface area contributed by atoms with Gasteiger partial charge in [0.2, 0.25) is 10.0 Å². The minimum Gasteiger partial charge on any atom is -0.326 e. The molecule has 0 amide bonds. The third kappa shape index (κ3) is 3.04. The van der Waals surface area contributed by atoms with E-state index in [9.17, 15) is 8.42 Å². The van der Waals surface area contributed by atoms with E-state index in [1.165, 1.54) is 18.3 Å². The second-order valence-corrected chi connectivity index (χ2v) is 6.11. The second-order valence-electron chi connectivity index (χ2n) is 4.34. The van der Waals surface area contributed by atoms with Crippen LogP contribution in [0.25, 0.3) is 0 Å². The lowest BCUT2D eigenvalue weighted by atomic mass is 10.2. The summed E-state index contributed by atoms with van der Waals surface area (Å²) in [5, 5.41) is 8.58. The minimum atomic E-state index is -3.59. The van der Waals surface area contributed by atoms with Crippen LogP contribution in [0, 0.1) is 17.2 Å². The Hall–Kier alpha value is -1.49. The predicted molar refractivity (Wildman–Crippen MR) is 64.8 cm³/mol. The van der Waals surface area contributed by atoms with Crippen LogP contribution >= 0.6 is 0 Å². The number of aromatic nitrogens is 1. The summed E-state index contributed by atoms with van der Waals surface area (Å²) in [6, 6.07) is 4.43. The van der Waals surface area contributed by atoms with Crippen LogP contribution in [-0.4, -0.2) is 26.0 Å². The molecule has 0 saturated heterocycles. The van der Waals surface area contributed by atoms with Gasteiger partial charge >= 0.3 is 0 Å². The lowest BCUT2D eigenvalue weighted by Gasteiger charge is -2.11. The van der Waals surface area contributed by atoms with Crippen LogP contribution in [0.5, 0.6) is 0 Å². The van der Waals surface area contributed by atoms with Crippen molar-refractivity contribution in [2.24, 2.45) is 11.7 Å². The summed E-state index contributed by atoms with van der Waals surface area (Å²) in [7, 11) is -3.59. The molecule has 0 spiro atoms. The summed E-state index contributed by atoms with van der Waals surface area (Å²) < 4.78 is 26.2. The predicted octanol–water partition coefficient (Wildman–Crippen LogP) is -0.0311. The molecule has 6 nitrogen and oxygen atoms in total. The molecule has 1 aliphatic carbocycles. The zero-order chi connectivity index (χ0) is 13.2. The van der Waals surface area contributed by atoms with Crippen LogP contribution in [0.3, 0.4) is 0 Å². The Labute approximate surface area is 106 Å². The van der Waals surface area contributed by atoms with Crippen LogP contribution in [0.2, 0.25) is 0 Å². The first kappa shape index (κ1) is 13.0. The number of sulfonamides is 1. The van der Waals surface area contributed by atoms with Gasteiger partial charge in [0.05, 0.1) is 0 Å². The van der Waals surface area contributed by atoms with Crippen molar-refractivity contribution < 1.29 is 8.42 Å². The van der Waals surface area contributed by atoms with Crippen molar-refractivity contribution in [2.45, 2.75) is 23.8 Å². The number of nitrogens with zero attached hydrogens (tertiary/aromatic N) is 2. The third-order valence-electron chi connectivity index (χ3n) is 2.90. The molecule has 1 heterocycles. The van der Waals surface area contributed by atoms with Crippen molar-refractivity contribution in [3.05, 3.63) is 24.0 Å². The smallest absolute Gasteiger partial charge is 0.242 e. The molecule has 1 unspecified atom stereocenters. The van der Waals surface area contributed by atoms with Crippen molar-refractivity contribution in [2.75, 3.05) is 6.54 Å². The average Bonchev–Trinajstić information content (AvgIpc) is 3.20. The highest BCUT2D eigenvalue weighted by atomic mass is 32.2. The maximum absolute atomic E-state index is 11.9. The Bertz CT molecular complexity index is 558. The van der Waals surface area contributed by atoms with E-state index in [2.05, 4.69) is 9.71 Å². The molecule has 7 heteroatoms. The molecule has 1 aromatic rings. The molecular weight excluding hydrogens is 252 g/mol. The average molecular weight is 266 g/mol. The number of nitrogens with two attached hydrogens (primary N) is 1. The molecule has 1 atom stereocenters. The number of rotatable bonds is 5. The van der Waals surface area contributed by atoms with Crippen molar-refractivity contribution >= 4 is 10.0 Å². The van der Waals surface area contributed by atoms with Crippen LogP contribution in [0.4, 0.5) is 0 Å². The van der Waals surface area contributed by atoms with Crippen molar-refractivity contribution in [1.29, 1.82) is 5.26 Å². The molecule has 3 N–H and O–H groups in total. The number of pyridine rings is 1. The van der Waals surface area contributed by atoms with Gasteiger partial charge in [-0.3, -0.25) is 0 Å². The van der Waals surface area contributed by atoms with Crippen molar-refractivity contribution in [3.63, 3.8) is 0 Å². The van der Waals surface area contributed by atoms with Gasteiger partial charge < -0.3 is 5.73 Å². The fourth-order valence-electron chi connectivity index (χ4n) is 1.59. The Kier molecular flexibility index (Phi) is 3.61. The van der Waals surface area contributed by atoms with E-state index in [-0.39, 0.29) is 23.2 Å². The van der Waals surface area contributed by atoms with Crippen molar-refractivity contribution in [1.82, 2.24) is 9.71 Å². The van der Waals surface area contributed by atoms with Gasteiger partial charge in [-0.1, -0.05) is 0 Å². The molecule has 0 radical (unpaired) electrons. The maximum atomic E-state index is 11.9. The highest BCUT2D eigenvalue weighted by Crippen LogP contribution is 2.31. The van der Waals surface area contributed by atoms with Crippen molar-refractivity contribution in [3.8, 4) is 6.07 Å². The van der Waals surface area contributed by atoms with E-state index in [1.807, 2.05) is 6.07 Å². The number of nitriles is 1. The molecule has 1 saturated carbocycles. The Morgan fingerprint density at radius 1 is 1.56 bits per heavy atom. The van der Waals surface area contributed by atoms with Gasteiger partial charge in [-0.15, -0.1) is 0 Å². The van der Waals surface area contributed by atoms with Crippen LogP contribution in [0.15, 0.2) is 23.2 Å². The van der Waals surface area contributed by atoms with E-state index in [0.717, 1.165) is 12.8 Å². The normalized spacial score (nSPS) is 17.1. The van der Waals surface area contributed by atoms with Gasteiger partial charge in [0.25, 0.3) is 0 Å². The van der Waals surface area contributed by atoms with Crippen LogP contribution < -0.4 is 10.5 Å². The molecule has 2 rings (SSSR count). The summed E-state index contributed by atoms with van der Waals surface area (Å²) in [5.74, 6) is 0.437. The van der Waals surface area contributed by atoms with Gasteiger partial charge in [0.15, 0.2) is 0 Å². The van der Waals surface area contributed by atoms with Crippen LogP contribution in [-0.2, 0) is 10.0 Å². The highest BCUT2D eigenvalue weighted by Gasteiger charge is 2.29. The van der Waals surface area contributed by atoms with Gasteiger partial charge in [-0.2, -0.15) is 5.26 Å². The second kappa shape index (κ2) is 5.02. The number of hydrogen-bond acceptors (Lipinski definition) is 5. The first-order valence-electron chi connectivity index (χ1n) is 5.64. The van der Waals surface area contributed by atoms with E-state index in [1.54, 1.807) is 0 Å². The summed E-state index contributed by atoms with van der Waals surface area (Å²) in [6.45, 7) is 0.229. The highest BCUT2D eigenvalue weighted by molar-refractivity contribution is 7.89. The topological polar surface area (TPSA) is 109 Å². The summed E-state index contributed by atoms with van der Waals surface area (Å²) in [6.07, 6.45) is 3.31. The van der Waals surface area contributed by atoms with E-state index in [0.29, 0.717) is 5.92 Å². The molecule has 1 fully saturated rings. The molecule has 18 heavy (non-hydrogen) atoms. The molecule has 0 bridgehead atoms. The Morgan fingerprint density at radius 2 is 2.28 bits per heavy atom. The Balaban J connectivity index is 2.02. The number of hydrogen-bond donors (Lipinski definition) is 2. The van der Waals surface area contributed by atoms with Gasteiger partial charge in [0.1, 0.15) is 16.7 Å². The monoisotopic (exact) mass is 266 g/mol. The molecule has 0 aromatic carbocycles. The quantitative estimate of drug-likeness (QED) is 0.777. The fraction of sp³-hybridized carbons (Fsp3) is 0.455. The molecular formula is C11H14N4O2S.